The minimum absolute atomic E-state index is 0.0130. The van der Waals surface area contributed by atoms with Crippen LogP contribution in [-0.2, 0) is 9.53 Å². The SMILES string of the molecule is O=C(CN1CCOCC1)Nc1cc(C(=O)Nc2cnc(Br)cn2)ccc1OC(F)(F)F. The molecule has 0 saturated carbocycles. The van der Waals surface area contributed by atoms with E-state index in [-0.39, 0.29) is 23.6 Å². The maximum absolute atomic E-state index is 12.8. The third-order valence-corrected chi connectivity index (χ3v) is 4.48. The molecule has 31 heavy (non-hydrogen) atoms. The Kier molecular flexibility index (Phi) is 7.41. The van der Waals surface area contributed by atoms with Gasteiger partial charge in [0.25, 0.3) is 5.91 Å². The minimum Gasteiger partial charge on any atom is -0.404 e. The zero-order chi connectivity index (χ0) is 22.4. The van der Waals surface area contributed by atoms with Crippen molar-refractivity contribution in [3.8, 4) is 5.75 Å². The highest BCUT2D eigenvalue weighted by Crippen LogP contribution is 2.31. The number of anilines is 2. The molecule has 0 unspecified atom stereocenters. The van der Waals surface area contributed by atoms with Gasteiger partial charge >= 0.3 is 6.36 Å². The van der Waals surface area contributed by atoms with E-state index in [0.29, 0.717) is 30.9 Å². The van der Waals surface area contributed by atoms with Crippen LogP contribution in [-0.4, -0.2) is 65.9 Å². The molecule has 1 aromatic carbocycles. The van der Waals surface area contributed by atoms with Gasteiger partial charge in [-0.3, -0.25) is 14.5 Å². The number of benzene rings is 1. The number of alkyl halides is 3. The second-order valence-corrected chi connectivity index (χ2v) is 7.19. The molecule has 1 aliphatic heterocycles. The average molecular weight is 504 g/mol. The van der Waals surface area contributed by atoms with Crippen LogP contribution in [0.1, 0.15) is 10.4 Å². The Morgan fingerprint density at radius 2 is 1.90 bits per heavy atom. The molecule has 1 aromatic heterocycles. The van der Waals surface area contributed by atoms with E-state index < -0.39 is 23.9 Å². The van der Waals surface area contributed by atoms with Crippen molar-refractivity contribution in [2.24, 2.45) is 0 Å². The molecule has 3 rings (SSSR count). The van der Waals surface area contributed by atoms with Gasteiger partial charge in [-0.15, -0.1) is 13.2 Å². The zero-order valence-corrected chi connectivity index (χ0v) is 17.5. The molecule has 1 aliphatic rings. The van der Waals surface area contributed by atoms with Gasteiger partial charge in [0.2, 0.25) is 5.91 Å². The number of hydrogen-bond donors (Lipinski definition) is 2. The van der Waals surface area contributed by atoms with Crippen molar-refractivity contribution < 1.29 is 32.2 Å². The Labute approximate surface area is 183 Å². The van der Waals surface area contributed by atoms with Crippen molar-refractivity contribution >= 4 is 39.2 Å². The molecule has 2 N–H and O–H groups in total. The van der Waals surface area contributed by atoms with E-state index in [1.54, 1.807) is 4.90 Å². The number of ether oxygens (including phenoxy) is 2. The van der Waals surface area contributed by atoms with Crippen LogP contribution in [0.25, 0.3) is 0 Å². The number of carbonyl (C=O) groups excluding carboxylic acids is 2. The molecule has 0 bridgehead atoms. The average Bonchev–Trinajstić information content (AvgIpc) is 2.70. The number of morpholine rings is 1. The zero-order valence-electron chi connectivity index (χ0n) is 15.9. The molecule has 0 atom stereocenters. The molecule has 9 nitrogen and oxygen atoms in total. The molecule has 1 fully saturated rings. The molecule has 13 heteroatoms. The maximum Gasteiger partial charge on any atom is 0.573 e. The van der Waals surface area contributed by atoms with E-state index in [1.807, 2.05) is 0 Å². The quantitative estimate of drug-likeness (QED) is 0.624. The smallest absolute Gasteiger partial charge is 0.404 e. The second-order valence-electron chi connectivity index (χ2n) is 6.37. The normalized spacial score (nSPS) is 14.7. The molecule has 0 aliphatic carbocycles. The third kappa shape index (κ3) is 7.15. The Hall–Kier alpha value is -2.77. The summed E-state index contributed by atoms with van der Waals surface area (Å²) in [5.74, 6) is -1.70. The highest BCUT2D eigenvalue weighted by Gasteiger charge is 2.32. The van der Waals surface area contributed by atoms with Crippen molar-refractivity contribution in [1.29, 1.82) is 0 Å². The van der Waals surface area contributed by atoms with Crippen LogP contribution in [0.3, 0.4) is 0 Å². The fourth-order valence-electron chi connectivity index (χ4n) is 2.70. The first-order chi connectivity index (χ1) is 14.7. The van der Waals surface area contributed by atoms with Crippen LogP contribution in [0, 0.1) is 0 Å². The second kappa shape index (κ2) is 10.0. The van der Waals surface area contributed by atoms with Crippen molar-refractivity contribution in [2.45, 2.75) is 6.36 Å². The van der Waals surface area contributed by atoms with Crippen LogP contribution in [0.5, 0.6) is 5.75 Å². The lowest BCUT2D eigenvalue weighted by molar-refractivity contribution is -0.274. The molecular weight excluding hydrogens is 487 g/mol. The first-order valence-corrected chi connectivity index (χ1v) is 9.77. The van der Waals surface area contributed by atoms with E-state index >= 15 is 0 Å². The van der Waals surface area contributed by atoms with Crippen LogP contribution in [0.15, 0.2) is 35.2 Å². The van der Waals surface area contributed by atoms with Gasteiger partial charge in [0.15, 0.2) is 11.6 Å². The van der Waals surface area contributed by atoms with E-state index in [1.165, 1.54) is 12.4 Å². The van der Waals surface area contributed by atoms with Gasteiger partial charge in [0.1, 0.15) is 4.60 Å². The maximum atomic E-state index is 12.8. The Balaban J connectivity index is 1.77. The molecule has 166 valence electrons. The summed E-state index contributed by atoms with van der Waals surface area (Å²) >= 11 is 3.11. The van der Waals surface area contributed by atoms with Gasteiger partial charge in [0.05, 0.1) is 37.8 Å². The predicted octanol–water partition coefficient (Wildman–Crippen LogP) is 2.66. The van der Waals surface area contributed by atoms with Crippen molar-refractivity contribution in [2.75, 3.05) is 43.5 Å². The van der Waals surface area contributed by atoms with Crippen molar-refractivity contribution in [1.82, 2.24) is 14.9 Å². The van der Waals surface area contributed by atoms with Crippen molar-refractivity contribution in [3.63, 3.8) is 0 Å². The number of carbonyl (C=O) groups is 2. The van der Waals surface area contributed by atoms with Crippen LogP contribution < -0.4 is 15.4 Å². The summed E-state index contributed by atoms with van der Waals surface area (Å²) < 4.78 is 47.9. The van der Waals surface area contributed by atoms with Gasteiger partial charge in [-0.1, -0.05) is 0 Å². The summed E-state index contributed by atoms with van der Waals surface area (Å²) in [5.41, 5.74) is -0.300. The number of hydrogen-bond acceptors (Lipinski definition) is 7. The molecule has 2 heterocycles. The highest BCUT2D eigenvalue weighted by atomic mass is 79.9. The number of amides is 2. The summed E-state index contributed by atoms with van der Waals surface area (Å²) in [6.07, 6.45) is -2.30. The summed E-state index contributed by atoms with van der Waals surface area (Å²) in [5, 5.41) is 4.85. The molecule has 2 aromatic rings. The van der Waals surface area contributed by atoms with E-state index in [4.69, 9.17) is 4.74 Å². The van der Waals surface area contributed by atoms with Gasteiger partial charge in [-0.05, 0) is 34.1 Å². The predicted molar refractivity (Wildman–Crippen MR) is 107 cm³/mol. The Morgan fingerprint density at radius 3 is 2.55 bits per heavy atom. The largest absolute Gasteiger partial charge is 0.573 e. The van der Waals surface area contributed by atoms with Crippen LogP contribution in [0.2, 0.25) is 0 Å². The first-order valence-electron chi connectivity index (χ1n) is 8.98. The standard InChI is InChI=1S/C18H17BrF3N5O4/c19-14-8-24-15(9-23-14)26-17(29)11-1-2-13(31-18(20,21)22)12(7-11)25-16(28)10-27-3-5-30-6-4-27/h1-2,7-9H,3-6,10H2,(H,25,28)(H,24,26,29). The molecular formula is C18H17BrF3N5O4. The van der Waals surface area contributed by atoms with Gasteiger partial charge in [-0.25, -0.2) is 9.97 Å². The monoisotopic (exact) mass is 503 g/mol. The fourth-order valence-corrected chi connectivity index (χ4v) is 2.90. The van der Waals surface area contributed by atoms with Gasteiger partial charge in [-0.2, -0.15) is 0 Å². The van der Waals surface area contributed by atoms with E-state index in [0.717, 1.165) is 18.2 Å². The lowest BCUT2D eigenvalue weighted by atomic mass is 10.1. The molecule has 0 radical (unpaired) electrons. The lowest BCUT2D eigenvalue weighted by Gasteiger charge is -2.26. The summed E-state index contributed by atoms with van der Waals surface area (Å²) in [6, 6.07) is 3.19. The van der Waals surface area contributed by atoms with Crippen LogP contribution >= 0.6 is 15.9 Å². The molecule has 2 amide bonds. The van der Waals surface area contributed by atoms with E-state index in [2.05, 4.69) is 41.3 Å². The van der Waals surface area contributed by atoms with Crippen LogP contribution in [0.4, 0.5) is 24.7 Å². The number of nitrogens with zero attached hydrogens (tertiary/aromatic N) is 3. The molecule has 1 saturated heterocycles. The lowest BCUT2D eigenvalue weighted by Crippen LogP contribution is -2.41. The first kappa shape index (κ1) is 22.9. The van der Waals surface area contributed by atoms with Crippen molar-refractivity contribution in [3.05, 3.63) is 40.8 Å². The topological polar surface area (TPSA) is 106 Å². The highest BCUT2D eigenvalue weighted by molar-refractivity contribution is 9.10. The summed E-state index contributed by atoms with van der Waals surface area (Å²) in [4.78, 5) is 34.5. The number of halogens is 4. The van der Waals surface area contributed by atoms with Gasteiger partial charge < -0.3 is 20.1 Å². The summed E-state index contributed by atoms with van der Waals surface area (Å²) in [7, 11) is 0. The minimum atomic E-state index is -4.97. The third-order valence-electron chi connectivity index (χ3n) is 4.07. The summed E-state index contributed by atoms with van der Waals surface area (Å²) in [6.45, 7) is 1.93. The Morgan fingerprint density at radius 1 is 1.16 bits per heavy atom. The number of aromatic nitrogens is 2. The Bertz CT molecular complexity index is 937. The van der Waals surface area contributed by atoms with E-state index in [9.17, 15) is 22.8 Å². The fraction of sp³-hybridized carbons (Fsp3) is 0.333. The number of rotatable bonds is 6. The number of nitrogens with one attached hydrogen (secondary N) is 2. The molecule has 0 spiro atoms. The van der Waals surface area contributed by atoms with Gasteiger partial charge in [0, 0.05) is 18.7 Å².